The minimum atomic E-state index is 0.443. The lowest BCUT2D eigenvalue weighted by molar-refractivity contribution is 0.359. The van der Waals surface area contributed by atoms with Gasteiger partial charge in [-0.1, -0.05) is 57.0 Å². The van der Waals surface area contributed by atoms with Crippen LogP contribution < -0.4 is 5.32 Å². The standard InChI is InChI=1S/C17H29N/c1-6-13(3)12-17(7-2)18-15(5)16-10-8-9-14(4)11-16/h8-11,13,15,17-18H,6-7,12H2,1-5H3/t13?,15-,17?/m1/s1. The molecule has 1 heteroatoms. The first-order chi connectivity index (χ1) is 8.56. The Hall–Kier alpha value is -0.820. The van der Waals surface area contributed by atoms with E-state index >= 15 is 0 Å². The molecule has 0 amide bonds. The molecule has 0 heterocycles. The van der Waals surface area contributed by atoms with E-state index in [4.69, 9.17) is 0 Å². The monoisotopic (exact) mass is 247 g/mol. The Morgan fingerprint density at radius 1 is 1.11 bits per heavy atom. The molecule has 0 aliphatic heterocycles. The predicted molar refractivity (Wildman–Crippen MR) is 80.9 cm³/mol. The van der Waals surface area contributed by atoms with Crippen LogP contribution in [0.15, 0.2) is 24.3 Å². The minimum absolute atomic E-state index is 0.443. The molecule has 0 aliphatic rings. The molecule has 1 nitrogen and oxygen atoms in total. The second kappa shape index (κ2) is 7.58. The highest BCUT2D eigenvalue weighted by Crippen LogP contribution is 2.18. The van der Waals surface area contributed by atoms with E-state index < -0.39 is 0 Å². The fourth-order valence-electron chi connectivity index (χ4n) is 2.39. The number of hydrogen-bond acceptors (Lipinski definition) is 1. The van der Waals surface area contributed by atoms with E-state index in [1.807, 2.05) is 0 Å². The predicted octanol–water partition coefficient (Wildman–Crippen LogP) is 4.86. The van der Waals surface area contributed by atoms with Crippen molar-refractivity contribution < 1.29 is 0 Å². The largest absolute Gasteiger partial charge is 0.307 e. The van der Waals surface area contributed by atoms with Crippen LogP contribution in [0.5, 0.6) is 0 Å². The van der Waals surface area contributed by atoms with Gasteiger partial charge < -0.3 is 5.32 Å². The smallest absolute Gasteiger partial charge is 0.0294 e. The maximum Gasteiger partial charge on any atom is 0.0294 e. The van der Waals surface area contributed by atoms with Gasteiger partial charge >= 0.3 is 0 Å². The first-order valence-corrected chi connectivity index (χ1v) is 7.39. The van der Waals surface area contributed by atoms with Crippen LogP contribution in [-0.4, -0.2) is 6.04 Å². The second-order valence-electron chi connectivity index (χ2n) is 5.66. The maximum absolute atomic E-state index is 3.78. The quantitative estimate of drug-likeness (QED) is 0.725. The van der Waals surface area contributed by atoms with E-state index in [0.29, 0.717) is 12.1 Å². The zero-order valence-corrected chi connectivity index (χ0v) is 12.7. The van der Waals surface area contributed by atoms with Crippen LogP contribution in [0.1, 0.15) is 64.1 Å². The Kier molecular flexibility index (Phi) is 6.42. The number of aryl methyl sites for hydroxylation is 1. The van der Waals surface area contributed by atoms with Crippen molar-refractivity contribution in [3.05, 3.63) is 35.4 Å². The van der Waals surface area contributed by atoms with Crippen LogP contribution in [0.3, 0.4) is 0 Å². The number of hydrogen-bond donors (Lipinski definition) is 1. The molecule has 18 heavy (non-hydrogen) atoms. The SMILES string of the molecule is CCC(C)CC(CC)N[C@H](C)c1cccc(C)c1. The summed E-state index contributed by atoms with van der Waals surface area (Å²) in [5.74, 6) is 0.812. The van der Waals surface area contributed by atoms with E-state index in [9.17, 15) is 0 Å². The molecule has 0 radical (unpaired) electrons. The Bertz CT molecular complexity index is 345. The van der Waals surface area contributed by atoms with Gasteiger partial charge in [-0.15, -0.1) is 0 Å². The van der Waals surface area contributed by atoms with E-state index in [2.05, 4.69) is 64.2 Å². The molecule has 0 bridgehead atoms. The molecule has 1 aromatic carbocycles. The van der Waals surface area contributed by atoms with Gasteiger partial charge in [-0.05, 0) is 38.2 Å². The summed E-state index contributed by atoms with van der Waals surface area (Å²) in [6, 6.07) is 9.90. The Morgan fingerprint density at radius 3 is 2.39 bits per heavy atom. The van der Waals surface area contributed by atoms with Crippen molar-refractivity contribution in [2.75, 3.05) is 0 Å². The van der Waals surface area contributed by atoms with Gasteiger partial charge in [0.05, 0.1) is 0 Å². The topological polar surface area (TPSA) is 12.0 Å². The van der Waals surface area contributed by atoms with Crippen molar-refractivity contribution >= 4 is 0 Å². The van der Waals surface area contributed by atoms with Crippen LogP contribution in [0.4, 0.5) is 0 Å². The summed E-state index contributed by atoms with van der Waals surface area (Å²) in [5, 5.41) is 3.78. The zero-order valence-electron chi connectivity index (χ0n) is 12.7. The van der Waals surface area contributed by atoms with Crippen molar-refractivity contribution in [1.29, 1.82) is 0 Å². The molecule has 2 unspecified atom stereocenters. The Balaban J connectivity index is 2.59. The maximum atomic E-state index is 3.78. The summed E-state index contributed by atoms with van der Waals surface area (Å²) < 4.78 is 0. The van der Waals surface area contributed by atoms with Gasteiger partial charge in [-0.2, -0.15) is 0 Å². The van der Waals surface area contributed by atoms with E-state index in [1.165, 1.54) is 30.4 Å². The molecule has 0 saturated carbocycles. The molecular weight excluding hydrogens is 218 g/mol. The van der Waals surface area contributed by atoms with Gasteiger partial charge in [0.25, 0.3) is 0 Å². The summed E-state index contributed by atoms with van der Waals surface area (Å²) in [7, 11) is 0. The van der Waals surface area contributed by atoms with E-state index in [0.717, 1.165) is 5.92 Å². The molecule has 1 N–H and O–H groups in total. The number of rotatable bonds is 7. The second-order valence-corrected chi connectivity index (χ2v) is 5.66. The van der Waals surface area contributed by atoms with Crippen LogP contribution >= 0.6 is 0 Å². The highest BCUT2D eigenvalue weighted by atomic mass is 14.9. The summed E-state index contributed by atoms with van der Waals surface area (Å²) in [6.45, 7) is 11.3. The summed E-state index contributed by atoms with van der Waals surface area (Å²) in [5.41, 5.74) is 2.74. The molecule has 0 aliphatic carbocycles. The summed E-state index contributed by atoms with van der Waals surface area (Å²) in [6.07, 6.45) is 3.76. The van der Waals surface area contributed by atoms with E-state index in [1.54, 1.807) is 0 Å². The molecule has 0 spiro atoms. The van der Waals surface area contributed by atoms with Crippen molar-refractivity contribution in [1.82, 2.24) is 5.32 Å². The molecule has 0 aromatic heterocycles. The molecule has 0 fully saturated rings. The van der Waals surface area contributed by atoms with Crippen molar-refractivity contribution in [2.45, 2.75) is 66.0 Å². The van der Waals surface area contributed by atoms with Crippen LogP contribution in [-0.2, 0) is 0 Å². The highest BCUT2D eigenvalue weighted by molar-refractivity contribution is 5.24. The van der Waals surface area contributed by atoms with Gasteiger partial charge in [0.1, 0.15) is 0 Å². The fraction of sp³-hybridized carbons (Fsp3) is 0.647. The first-order valence-electron chi connectivity index (χ1n) is 7.39. The average molecular weight is 247 g/mol. The van der Waals surface area contributed by atoms with Crippen LogP contribution in [0.2, 0.25) is 0 Å². The third-order valence-corrected chi connectivity index (χ3v) is 3.90. The Labute approximate surface area is 113 Å². The molecule has 1 rings (SSSR count). The molecule has 0 saturated heterocycles. The molecule has 102 valence electrons. The highest BCUT2D eigenvalue weighted by Gasteiger charge is 2.14. The third kappa shape index (κ3) is 4.81. The van der Waals surface area contributed by atoms with Gasteiger partial charge in [0.15, 0.2) is 0 Å². The van der Waals surface area contributed by atoms with Gasteiger partial charge in [0, 0.05) is 12.1 Å². The van der Waals surface area contributed by atoms with Crippen LogP contribution in [0, 0.1) is 12.8 Å². The summed E-state index contributed by atoms with van der Waals surface area (Å²) >= 11 is 0. The van der Waals surface area contributed by atoms with Gasteiger partial charge in [-0.25, -0.2) is 0 Å². The first kappa shape index (κ1) is 15.2. The Morgan fingerprint density at radius 2 is 1.83 bits per heavy atom. The van der Waals surface area contributed by atoms with Crippen LogP contribution in [0.25, 0.3) is 0 Å². The van der Waals surface area contributed by atoms with E-state index in [-0.39, 0.29) is 0 Å². The fourth-order valence-corrected chi connectivity index (χ4v) is 2.39. The lowest BCUT2D eigenvalue weighted by Gasteiger charge is -2.25. The molecule has 1 aromatic rings. The van der Waals surface area contributed by atoms with Crippen molar-refractivity contribution in [3.8, 4) is 0 Å². The van der Waals surface area contributed by atoms with Gasteiger partial charge in [0.2, 0.25) is 0 Å². The number of benzene rings is 1. The lowest BCUT2D eigenvalue weighted by Crippen LogP contribution is -2.32. The lowest BCUT2D eigenvalue weighted by atomic mass is 9.96. The molecular formula is C17H29N. The normalized spacial score (nSPS) is 16.3. The van der Waals surface area contributed by atoms with Crippen molar-refractivity contribution in [2.24, 2.45) is 5.92 Å². The average Bonchev–Trinajstić information content (AvgIpc) is 2.37. The molecule has 3 atom stereocenters. The minimum Gasteiger partial charge on any atom is -0.307 e. The summed E-state index contributed by atoms with van der Waals surface area (Å²) in [4.78, 5) is 0. The van der Waals surface area contributed by atoms with Crippen molar-refractivity contribution in [3.63, 3.8) is 0 Å². The zero-order chi connectivity index (χ0) is 13.5. The van der Waals surface area contributed by atoms with Gasteiger partial charge in [-0.3, -0.25) is 0 Å². The number of nitrogens with one attached hydrogen (secondary N) is 1. The third-order valence-electron chi connectivity index (χ3n) is 3.90.